The third kappa shape index (κ3) is 2.77. The molecule has 0 spiro atoms. The highest BCUT2D eigenvalue weighted by atomic mass is 32.2. The summed E-state index contributed by atoms with van der Waals surface area (Å²) in [5.74, 6) is 0. The van der Waals surface area contributed by atoms with Crippen LogP contribution in [-0.2, 0) is 0 Å². The van der Waals surface area contributed by atoms with Gasteiger partial charge in [-0.3, -0.25) is 14.9 Å². The van der Waals surface area contributed by atoms with Gasteiger partial charge in [0.2, 0.25) is 0 Å². The summed E-state index contributed by atoms with van der Waals surface area (Å²) in [6.45, 7) is 3.62. The topological polar surface area (TPSA) is 121 Å². The lowest BCUT2D eigenvalue weighted by atomic mass is 10.2. The standard InChI is InChI=1S/C13H16N6O2S/c1-7-11(19-3-2-8(6-19)22-14)4-10(18-17-7)9-5-15-13(21)16-12(9)20/h4-5,8H,2-3,6,14H2,1H3,(H2,15,16,20,21). The van der Waals surface area contributed by atoms with Gasteiger partial charge in [0.15, 0.2) is 0 Å². The van der Waals surface area contributed by atoms with Gasteiger partial charge in [-0.15, -0.1) is 5.10 Å². The third-order valence-electron chi connectivity index (χ3n) is 3.73. The SMILES string of the molecule is Cc1nnc(-c2c[nH]c(=O)[nH]c2=O)cc1N1CCC(SN)C1. The molecule has 9 heteroatoms. The number of nitrogens with zero attached hydrogens (tertiary/aromatic N) is 3. The number of hydrogen-bond donors (Lipinski definition) is 3. The smallest absolute Gasteiger partial charge is 0.325 e. The van der Waals surface area contributed by atoms with Crippen LogP contribution in [0.25, 0.3) is 11.3 Å². The molecule has 116 valence electrons. The fraction of sp³-hybridized carbons (Fsp3) is 0.385. The van der Waals surface area contributed by atoms with Gasteiger partial charge < -0.3 is 9.88 Å². The first kappa shape index (κ1) is 14.8. The second-order valence-corrected chi connectivity index (χ2v) is 6.12. The number of aromatic nitrogens is 4. The van der Waals surface area contributed by atoms with E-state index in [4.69, 9.17) is 5.14 Å². The van der Waals surface area contributed by atoms with E-state index in [1.54, 1.807) is 0 Å². The number of anilines is 1. The predicted octanol–water partition coefficient (Wildman–Crippen LogP) is 0.0142. The Morgan fingerprint density at radius 3 is 2.91 bits per heavy atom. The lowest BCUT2D eigenvalue weighted by Gasteiger charge is -2.20. The summed E-state index contributed by atoms with van der Waals surface area (Å²) in [5, 5.41) is 14.2. The molecule has 0 aromatic carbocycles. The molecule has 3 heterocycles. The largest absolute Gasteiger partial charge is 0.369 e. The van der Waals surface area contributed by atoms with E-state index in [0.717, 1.165) is 30.9 Å². The van der Waals surface area contributed by atoms with Crippen molar-refractivity contribution in [3.63, 3.8) is 0 Å². The monoisotopic (exact) mass is 320 g/mol. The Morgan fingerprint density at radius 1 is 1.41 bits per heavy atom. The second kappa shape index (κ2) is 5.93. The van der Waals surface area contributed by atoms with Gasteiger partial charge >= 0.3 is 5.69 Å². The van der Waals surface area contributed by atoms with Crippen LogP contribution in [0.15, 0.2) is 21.9 Å². The zero-order chi connectivity index (χ0) is 15.7. The van der Waals surface area contributed by atoms with Gasteiger partial charge in [-0.1, -0.05) is 11.9 Å². The number of aryl methyl sites for hydroxylation is 1. The van der Waals surface area contributed by atoms with E-state index in [1.807, 2.05) is 13.0 Å². The second-order valence-electron chi connectivity index (χ2n) is 5.18. The highest BCUT2D eigenvalue weighted by molar-refractivity contribution is 7.97. The van der Waals surface area contributed by atoms with Gasteiger partial charge in [0.05, 0.1) is 16.9 Å². The van der Waals surface area contributed by atoms with Gasteiger partial charge in [-0.25, -0.2) is 4.79 Å². The maximum Gasteiger partial charge on any atom is 0.325 e. The van der Waals surface area contributed by atoms with E-state index in [1.165, 1.54) is 18.1 Å². The van der Waals surface area contributed by atoms with E-state index in [0.29, 0.717) is 10.9 Å². The molecular weight excluding hydrogens is 304 g/mol. The fourth-order valence-electron chi connectivity index (χ4n) is 2.55. The summed E-state index contributed by atoms with van der Waals surface area (Å²) >= 11 is 1.37. The van der Waals surface area contributed by atoms with Crippen molar-refractivity contribution in [1.29, 1.82) is 0 Å². The van der Waals surface area contributed by atoms with Crippen molar-refractivity contribution in [2.75, 3.05) is 18.0 Å². The minimum absolute atomic E-state index is 0.289. The number of nitrogens with two attached hydrogens (primary N) is 1. The van der Waals surface area contributed by atoms with Crippen LogP contribution < -0.4 is 21.3 Å². The Hall–Kier alpha value is -2.13. The lowest BCUT2D eigenvalue weighted by Crippen LogP contribution is -2.24. The quantitative estimate of drug-likeness (QED) is 0.681. The Balaban J connectivity index is 2.00. The highest BCUT2D eigenvalue weighted by Crippen LogP contribution is 2.28. The molecule has 1 aliphatic heterocycles. The third-order valence-corrected chi connectivity index (χ3v) is 4.49. The molecule has 8 nitrogen and oxygen atoms in total. The van der Waals surface area contributed by atoms with Gasteiger partial charge in [0.1, 0.15) is 5.69 Å². The molecule has 1 unspecified atom stereocenters. The van der Waals surface area contributed by atoms with Crippen LogP contribution in [-0.4, -0.2) is 38.5 Å². The van der Waals surface area contributed by atoms with Crippen LogP contribution in [0.3, 0.4) is 0 Å². The highest BCUT2D eigenvalue weighted by Gasteiger charge is 2.24. The van der Waals surface area contributed by atoms with Crippen molar-refractivity contribution >= 4 is 17.6 Å². The first-order chi connectivity index (χ1) is 10.6. The number of hydrogen-bond acceptors (Lipinski definition) is 7. The van der Waals surface area contributed by atoms with Crippen molar-refractivity contribution in [2.45, 2.75) is 18.6 Å². The van der Waals surface area contributed by atoms with Crippen molar-refractivity contribution in [3.8, 4) is 11.3 Å². The van der Waals surface area contributed by atoms with Crippen LogP contribution in [0, 0.1) is 6.92 Å². The Bertz CT molecular complexity index is 802. The molecule has 0 radical (unpaired) electrons. The van der Waals surface area contributed by atoms with Crippen LogP contribution in [0.1, 0.15) is 12.1 Å². The number of nitrogens with one attached hydrogen (secondary N) is 2. The maximum atomic E-state index is 11.9. The van der Waals surface area contributed by atoms with Gasteiger partial charge in [0.25, 0.3) is 5.56 Å². The molecule has 1 aliphatic rings. The van der Waals surface area contributed by atoms with Gasteiger partial charge in [0, 0.05) is 24.5 Å². The normalized spacial score (nSPS) is 17.9. The molecule has 0 bridgehead atoms. The zero-order valence-corrected chi connectivity index (χ0v) is 12.8. The molecule has 3 rings (SSSR count). The van der Waals surface area contributed by atoms with Crippen molar-refractivity contribution in [2.24, 2.45) is 5.14 Å². The minimum atomic E-state index is -0.545. The Morgan fingerprint density at radius 2 is 2.23 bits per heavy atom. The number of rotatable bonds is 3. The molecule has 1 atom stereocenters. The molecule has 4 N–H and O–H groups in total. The van der Waals surface area contributed by atoms with Crippen LogP contribution >= 0.6 is 11.9 Å². The summed E-state index contributed by atoms with van der Waals surface area (Å²) in [5.41, 5.74) is 1.43. The summed E-state index contributed by atoms with van der Waals surface area (Å²) in [4.78, 5) is 29.8. The van der Waals surface area contributed by atoms with Crippen LogP contribution in [0.2, 0.25) is 0 Å². The first-order valence-electron chi connectivity index (χ1n) is 6.85. The number of aromatic amines is 2. The van der Waals surface area contributed by atoms with E-state index >= 15 is 0 Å². The number of H-pyrrole nitrogens is 2. The summed E-state index contributed by atoms with van der Waals surface area (Å²) < 4.78 is 0. The van der Waals surface area contributed by atoms with E-state index in [9.17, 15) is 9.59 Å². The maximum absolute atomic E-state index is 11.9. The molecule has 0 saturated carbocycles. The summed E-state index contributed by atoms with van der Waals surface area (Å²) in [7, 11) is 0. The van der Waals surface area contributed by atoms with Crippen molar-refractivity contribution in [1.82, 2.24) is 20.2 Å². The molecule has 1 saturated heterocycles. The van der Waals surface area contributed by atoms with E-state index in [2.05, 4.69) is 25.1 Å². The molecule has 22 heavy (non-hydrogen) atoms. The molecule has 0 aliphatic carbocycles. The van der Waals surface area contributed by atoms with Crippen molar-refractivity contribution < 1.29 is 0 Å². The van der Waals surface area contributed by atoms with Crippen LogP contribution in [0.5, 0.6) is 0 Å². The molecule has 0 amide bonds. The first-order valence-corrected chi connectivity index (χ1v) is 7.80. The van der Waals surface area contributed by atoms with Crippen molar-refractivity contribution in [3.05, 3.63) is 38.8 Å². The minimum Gasteiger partial charge on any atom is -0.369 e. The van der Waals surface area contributed by atoms with E-state index < -0.39 is 11.2 Å². The average Bonchev–Trinajstić information content (AvgIpc) is 2.97. The summed E-state index contributed by atoms with van der Waals surface area (Å²) in [6.07, 6.45) is 2.37. The average molecular weight is 320 g/mol. The Labute approximate surface area is 130 Å². The van der Waals surface area contributed by atoms with Gasteiger partial charge in [-0.05, 0) is 19.4 Å². The summed E-state index contributed by atoms with van der Waals surface area (Å²) in [6, 6.07) is 1.83. The molecular formula is C13H16N6O2S. The molecule has 2 aromatic rings. The zero-order valence-electron chi connectivity index (χ0n) is 12.0. The van der Waals surface area contributed by atoms with Gasteiger partial charge in [-0.2, -0.15) is 5.10 Å². The lowest BCUT2D eigenvalue weighted by molar-refractivity contribution is 0.910. The fourth-order valence-corrected chi connectivity index (χ4v) is 3.06. The van der Waals surface area contributed by atoms with Crippen LogP contribution in [0.4, 0.5) is 5.69 Å². The van der Waals surface area contributed by atoms with E-state index in [-0.39, 0.29) is 5.56 Å². The Kier molecular flexibility index (Phi) is 3.99. The predicted molar refractivity (Wildman–Crippen MR) is 85.8 cm³/mol. The molecule has 2 aromatic heterocycles. The molecule has 1 fully saturated rings.